The Hall–Kier alpha value is -1.69. The Bertz CT molecular complexity index is 1100. The first-order chi connectivity index (χ1) is 21.6. The van der Waals surface area contributed by atoms with Crippen LogP contribution in [0.25, 0.3) is 0 Å². The van der Waals surface area contributed by atoms with Crippen molar-refractivity contribution < 1.29 is 53.7 Å². The summed E-state index contributed by atoms with van der Waals surface area (Å²) in [5, 5.41) is 0. The second-order valence-electron chi connectivity index (χ2n) is 14.2. The summed E-state index contributed by atoms with van der Waals surface area (Å²) < 4.78 is 136. The Labute approximate surface area is 264 Å². The fourth-order valence-corrected chi connectivity index (χ4v) is 8.84. The quantitative estimate of drug-likeness (QED) is 0.244. The number of ether oxygens (including phenoxy) is 3. The predicted octanol–water partition coefficient (Wildman–Crippen LogP) is 11.1. The van der Waals surface area contributed by atoms with Crippen molar-refractivity contribution in [2.45, 2.75) is 128 Å². The van der Waals surface area contributed by atoms with E-state index >= 15 is 8.78 Å². The number of hydrogen-bond donors (Lipinski definition) is 0. The molecule has 0 radical (unpaired) electrons. The van der Waals surface area contributed by atoms with Gasteiger partial charge in [-0.1, -0.05) is 26.2 Å². The first-order valence-electron chi connectivity index (χ1n) is 17.0. The maximum atomic E-state index is 15.0. The molecule has 4 aliphatic rings. The van der Waals surface area contributed by atoms with Crippen LogP contribution in [0.5, 0.6) is 5.75 Å². The monoisotopic (exact) mass is 672 g/mol. The molecule has 3 aliphatic carbocycles. The van der Waals surface area contributed by atoms with Gasteiger partial charge in [0.2, 0.25) is 0 Å². The van der Waals surface area contributed by atoms with Crippen LogP contribution >= 0.6 is 0 Å². The molecule has 3 saturated carbocycles. The molecule has 1 aromatic rings. The van der Waals surface area contributed by atoms with Crippen molar-refractivity contribution >= 4 is 0 Å². The molecule has 262 valence electrons. The number of alkyl halides is 7. The van der Waals surface area contributed by atoms with Crippen LogP contribution in [-0.4, -0.2) is 25.2 Å². The Morgan fingerprint density at radius 1 is 0.652 bits per heavy atom. The highest BCUT2D eigenvalue weighted by molar-refractivity contribution is 5.32. The van der Waals surface area contributed by atoms with Crippen LogP contribution in [0.1, 0.15) is 109 Å². The van der Waals surface area contributed by atoms with E-state index in [0.29, 0.717) is 36.7 Å². The molecule has 46 heavy (non-hydrogen) atoms. The first-order valence-corrected chi connectivity index (χ1v) is 17.0. The van der Waals surface area contributed by atoms with Gasteiger partial charge in [-0.25, -0.2) is 13.5 Å². The van der Waals surface area contributed by atoms with Crippen molar-refractivity contribution in [1.29, 1.82) is 0 Å². The third-order valence-electron chi connectivity index (χ3n) is 11.5. The normalized spacial score (nSPS) is 33.5. The molecule has 3 nitrogen and oxygen atoms in total. The maximum absolute atomic E-state index is 15.0. The Balaban J connectivity index is 1.06. The molecule has 0 bridgehead atoms. The number of rotatable bonds is 9. The van der Waals surface area contributed by atoms with Crippen LogP contribution in [0.15, 0.2) is 12.1 Å². The molecule has 2 unspecified atom stereocenters. The Morgan fingerprint density at radius 2 is 1.13 bits per heavy atom. The minimum absolute atomic E-state index is 0.0117. The minimum atomic E-state index is -5.90. The van der Waals surface area contributed by atoms with Gasteiger partial charge in [0.25, 0.3) is 0 Å². The SMILES string of the molecule is CCC1CCC(C2CCC(C3CCC(C4CCC(C(F)(F)Oc5cc(F)c(C(F)(F)OC(F)(F)F)c(F)c5)CC4)CC3)OC2)CC1. The summed E-state index contributed by atoms with van der Waals surface area (Å²) in [6.07, 6.45) is -0.325. The van der Waals surface area contributed by atoms with E-state index in [9.17, 15) is 30.7 Å². The fourth-order valence-electron chi connectivity index (χ4n) is 8.84. The third-order valence-corrected chi connectivity index (χ3v) is 11.5. The highest BCUT2D eigenvalue weighted by atomic mass is 19.4. The van der Waals surface area contributed by atoms with Crippen LogP contribution in [0.3, 0.4) is 0 Å². The molecule has 0 aromatic heterocycles. The highest BCUT2D eigenvalue weighted by Gasteiger charge is 2.50. The zero-order chi connectivity index (χ0) is 33.3. The third kappa shape index (κ3) is 8.66. The molecule has 4 fully saturated rings. The Kier molecular flexibility index (Phi) is 11.2. The predicted molar refractivity (Wildman–Crippen MR) is 152 cm³/mol. The molecular weight excluding hydrogens is 627 g/mol. The van der Waals surface area contributed by atoms with Gasteiger partial charge in [0, 0.05) is 12.1 Å². The lowest BCUT2D eigenvalue weighted by Crippen LogP contribution is -2.39. The summed E-state index contributed by atoms with van der Waals surface area (Å²) >= 11 is 0. The van der Waals surface area contributed by atoms with Crippen molar-refractivity contribution in [1.82, 2.24) is 0 Å². The van der Waals surface area contributed by atoms with Gasteiger partial charge in [0.1, 0.15) is 22.9 Å². The molecule has 0 N–H and O–H groups in total. The average Bonchev–Trinajstić information content (AvgIpc) is 2.99. The van der Waals surface area contributed by atoms with E-state index in [2.05, 4.69) is 16.4 Å². The molecule has 0 amide bonds. The molecule has 1 aliphatic heterocycles. The van der Waals surface area contributed by atoms with E-state index in [0.717, 1.165) is 50.5 Å². The second kappa shape index (κ2) is 14.4. The maximum Gasteiger partial charge on any atom is 0.527 e. The van der Waals surface area contributed by atoms with Gasteiger partial charge in [-0.15, -0.1) is 13.2 Å². The van der Waals surface area contributed by atoms with E-state index in [-0.39, 0.29) is 30.9 Å². The molecule has 12 heteroatoms. The summed E-state index contributed by atoms with van der Waals surface area (Å²) in [4.78, 5) is 0. The molecule has 5 rings (SSSR count). The lowest BCUT2D eigenvalue weighted by molar-refractivity contribution is -0.432. The van der Waals surface area contributed by atoms with Crippen molar-refractivity contribution in [2.75, 3.05) is 6.61 Å². The van der Waals surface area contributed by atoms with Crippen LogP contribution in [0.4, 0.5) is 39.5 Å². The summed E-state index contributed by atoms with van der Waals surface area (Å²) in [6, 6.07) is 0.0234. The second-order valence-corrected chi connectivity index (χ2v) is 14.2. The van der Waals surface area contributed by atoms with Gasteiger partial charge in [-0.3, -0.25) is 0 Å². The van der Waals surface area contributed by atoms with Gasteiger partial charge < -0.3 is 9.47 Å². The zero-order valence-electron chi connectivity index (χ0n) is 26.2. The van der Waals surface area contributed by atoms with E-state index in [1.807, 2.05) is 0 Å². The smallest absolute Gasteiger partial charge is 0.432 e. The van der Waals surface area contributed by atoms with E-state index in [1.54, 1.807) is 0 Å². The topological polar surface area (TPSA) is 27.7 Å². The lowest BCUT2D eigenvalue weighted by Gasteiger charge is -2.43. The summed E-state index contributed by atoms with van der Waals surface area (Å²) in [5.74, 6) is -3.13. The molecule has 1 aromatic carbocycles. The largest absolute Gasteiger partial charge is 0.527 e. The van der Waals surface area contributed by atoms with Gasteiger partial charge >= 0.3 is 18.6 Å². The molecule has 1 heterocycles. The average molecular weight is 673 g/mol. The van der Waals surface area contributed by atoms with Crippen molar-refractivity contribution in [3.05, 3.63) is 29.3 Å². The zero-order valence-corrected chi connectivity index (χ0v) is 26.2. The first kappa shape index (κ1) is 35.6. The summed E-state index contributed by atoms with van der Waals surface area (Å²) in [6.45, 7) is 3.16. The van der Waals surface area contributed by atoms with Crippen LogP contribution in [0.2, 0.25) is 0 Å². The van der Waals surface area contributed by atoms with Crippen LogP contribution in [0, 0.1) is 53.1 Å². The van der Waals surface area contributed by atoms with Crippen molar-refractivity contribution in [3.8, 4) is 5.75 Å². The molecule has 1 saturated heterocycles. The van der Waals surface area contributed by atoms with Crippen molar-refractivity contribution in [3.63, 3.8) is 0 Å². The van der Waals surface area contributed by atoms with Crippen LogP contribution < -0.4 is 4.74 Å². The van der Waals surface area contributed by atoms with Gasteiger partial charge in [-0.05, 0) is 113 Å². The lowest BCUT2D eigenvalue weighted by atomic mass is 9.67. The van der Waals surface area contributed by atoms with Gasteiger partial charge in [0.15, 0.2) is 0 Å². The number of benzene rings is 1. The number of hydrogen-bond acceptors (Lipinski definition) is 3. The standard InChI is InChI=1S/C34H45F9O3/c1-2-20-3-5-23(6-4-20)25-13-16-30(44-19-25)24-9-7-21(8-10-24)22-11-14-26(15-12-22)32(37,38)45-27-17-28(35)31(29(36)18-27)33(39,40)46-34(41,42)43/h17-18,20-26,30H,2-16,19H2,1H3. The van der Waals surface area contributed by atoms with E-state index < -0.39 is 47.4 Å². The van der Waals surface area contributed by atoms with E-state index in [1.165, 1.54) is 38.5 Å². The molecule has 0 spiro atoms. The summed E-state index contributed by atoms with van der Waals surface area (Å²) in [7, 11) is 0. The Morgan fingerprint density at radius 3 is 1.63 bits per heavy atom. The molecule has 2 atom stereocenters. The van der Waals surface area contributed by atoms with Crippen molar-refractivity contribution in [2.24, 2.45) is 41.4 Å². The summed E-state index contributed by atoms with van der Waals surface area (Å²) in [5.41, 5.74) is -2.35. The fraction of sp³-hybridized carbons (Fsp3) is 0.824. The highest BCUT2D eigenvalue weighted by Crippen LogP contribution is 2.48. The van der Waals surface area contributed by atoms with Gasteiger partial charge in [0.05, 0.1) is 18.6 Å². The van der Waals surface area contributed by atoms with Crippen LogP contribution in [-0.2, 0) is 15.6 Å². The van der Waals surface area contributed by atoms with Gasteiger partial charge in [-0.2, -0.15) is 17.6 Å². The number of halogens is 9. The van der Waals surface area contributed by atoms with E-state index in [4.69, 9.17) is 4.74 Å². The molecular formula is C34H45F9O3. The minimum Gasteiger partial charge on any atom is -0.432 e.